The van der Waals surface area contributed by atoms with Crippen LogP contribution in [-0.2, 0) is 14.3 Å². The summed E-state index contributed by atoms with van der Waals surface area (Å²) in [5, 5.41) is 6.01. The van der Waals surface area contributed by atoms with Gasteiger partial charge in [-0.1, -0.05) is 5.16 Å². The number of rotatable bonds is 6. The fraction of sp³-hybridized carbons (Fsp3) is 0.688. The molecule has 2 rings (SSSR count). The number of amides is 3. The highest BCUT2D eigenvalue weighted by Gasteiger charge is 2.37. The number of primary amides is 1. The summed E-state index contributed by atoms with van der Waals surface area (Å²) in [6, 6.07) is -1.49. The minimum absolute atomic E-state index is 0.0825. The Bertz CT molecular complexity index is 698. The van der Waals surface area contributed by atoms with E-state index >= 15 is 0 Å². The van der Waals surface area contributed by atoms with E-state index in [1.165, 1.54) is 12.0 Å². The maximum Gasteiger partial charge on any atom is 0.410 e. The number of carbonyl (C=O) groups excluding carboxylic acids is 3. The third-order valence-corrected chi connectivity index (χ3v) is 3.79. The Labute approximate surface area is 156 Å². The summed E-state index contributed by atoms with van der Waals surface area (Å²) in [5.41, 5.74) is 4.57. The predicted molar refractivity (Wildman–Crippen MR) is 91.5 cm³/mol. The second-order valence-corrected chi connectivity index (χ2v) is 7.17. The Morgan fingerprint density at radius 3 is 2.70 bits per heavy atom. The Hall–Kier alpha value is -2.69. The summed E-state index contributed by atoms with van der Waals surface area (Å²) in [7, 11) is 1.37. The van der Waals surface area contributed by atoms with Crippen LogP contribution in [0.15, 0.2) is 4.52 Å². The maximum atomic E-state index is 12.3. The van der Waals surface area contributed by atoms with Crippen LogP contribution in [0.5, 0.6) is 0 Å². The summed E-state index contributed by atoms with van der Waals surface area (Å²) in [6.45, 7) is 5.74. The number of aromatic nitrogens is 2. The van der Waals surface area contributed by atoms with Crippen molar-refractivity contribution in [1.29, 1.82) is 0 Å². The highest BCUT2D eigenvalue weighted by atomic mass is 16.6. The molecule has 2 atom stereocenters. The number of nitrogens with zero attached hydrogens (tertiary/aromatic N) is 3. The molecule has 0 unspecified atom stereocenters. The first kappa shape index (κ1) is 20.6. The Balaban J connectivity index is 2.08. The molecule has 1 aromatic heterocycles. The molecule has 0 radical (unpaired) electrons. The number of hydrogen-bond donors (Lipinski definition) is 2. The topological polar surface area (TPSA) is 150 Å². The number of carbonyl (C=O) groups is 3. The molecule has 150 valence electrons. The van der Waals surface area contributed by atoms with Gasteiger partial charge >= 0.3 is 6.09 Å². The number of nitrogens with one attached hydrogen (secondary N) is 1. The first-order chi connectivity index (χ1) is 12.6. The monoisotopic (exact) mass is 383 g/mol. The van der Waals surface area contributed by atoms with Gasteiger partial charge < -0.3 is 25.0 Å². The summed E-state index contributed by atoms with van der Waals surface area (Å²) in [5.74, 6) is -1.61. The van der Waals surface area contributed by atoms with Crippen LogP contribution in [0.2, 0.25) is 0 Å². The quantitative estimate of drug-likeness (QED) is 0.715. The van der Waals surface area contributed by atoms with Crippen molar-refractivity contribution in [2.75, 3.05) is 20.3 Å². The van der Waals surface area contributed by atoms with Gasteiger partial charge in [-0.15, -0.1) is 0 Å². The lowest BCUT2D eigenvalue weighted by Gasteiger charge is -2.26. The van der Waals surface area contributed by atoms with E-state index in [4.69, 9.17) is 19.7 Å². The Morgan fingerprint density at radius 2 is 2.11 bits per heavy atom. The zero-order valence-electron chi connectivity index (χ0n) is 15.9. The van der Waals surface area contributed by atoms with Gasteiger partial charge in [-0.3, -0.25) is 14.5 Å². The van der Waals surface area contributed by atoms with Crippen LogP contribution in [0, 0.1) is 0 Å². The van der Waals surface area contributed by atoms with Crippen molar-refractivity contribution in [3.63, 3.8) is 0 Å². The van der Waals surface area contributed by atoms with Crippen LogP contribution in [0.4, 0.5) is 4.79 Å². The lowest BCUT2D eigenvalue weighted by Crippen LogP contribution is -2.47. The van der Waals surface area contributed by atoms with Crippen molar-refractivity contribution in [3.8, 4) is 0 Å². The van der Waals surface area contributed by atoms with E-state index in [0.29, 0.717) is 13.0 Å². The van der Waals surface area contributed by atoms with E-state index in [1.807, 2.05) is 0 Å². The molecule has 0 saturated carbocycles. The minimum Gasteiger partial charge on any atom is -0.444 e. The molecule has 0 aliphatic carbocycles. The third kappa shape index (κ3) is 5.39. The lowest BCUT2D eigenvalue weighted by atomic mass is 10.2. The summed E-state index contributed by atoms with van der Waals surface area (Å²) >= 11 is 0. The van der Waals surface area contributed by atoms with E-state index in [9.17, 15) is 14.4 Å². The van der Waals surface area contributed by atoms with Crippen LogP contribution in [-0.4, -0.2) is 64.9 Å². The number of ether oxygens (including phenoxy) is 2. The SMILES string of the molecule is COC[C@@H](NC(=O)c1noc([C@@H]2CCCN2C(=O)OC(C)(C)C)n1)C(N)=O. The van der Waals surface area contributed by atoms with E-state index in [2.05, 4.69) is 15.5 Å². The summed E-state index contributed by atoms with van der Waals surface area (Å²) < 4.78 is 15.4. The smallest absolute Gasteiger partial charge is 0.410 e. The predicted octanol–water partition coefficient (Wildman–Crippen LogP) is 0.372. The molecular weight excluding hydrogens is 358 g/mol. The molecule has 2 heterocycles. The van der Waals surface area contributed by atoms with Gasteiger partial charge in [0.1, 0.15) is 17.7 Å². The van der Waals surface area contributed by atoms with Crippen molar-refractivity contribution in [3.05, 3.63) is 11.7 Å². The van der Waals surface area contributed by atoms with E-state index < -0.39 is 35.6 Å². The molecule has 3 amide bonds. The molecule has 0 spiro atoms. The van der Waals surface area contributed by atoms with Crippen LogP contribution in [0.3, 0.4) is 0 Å². The normalized spacial score (nSPS) is 18.2. The van der Waals surface area contributed by atoms with Crippen molar-refractivity contribution >= 4 is 17.9 Å². The second kappa shape index (κ2) is 8.33. The number of hydrogen-bond acceptors (Lipinski definition) is 8. The van der Waals surface area contributed by atoms with Gasteiger partial charge in [0.05, 0.1) is 6.61 Å². The zero-order chi connectivity index (χ0) is 20.2. The molecule has 1 aliphatic rings. The molecule has 27 heavy (non-hydrogen) atoms. The zero-order valence-corrected chi connectivity index (χ0v) is 15.9. The van der Waals surface area contributed by atoms with Gasteiger partial charge in [0, 0.05) is 13.7 Å². The molecule has 1 aliphatic heterocycles. The molecule has 1 saturated heterocycles. The average molecular weight is 383 g/mol. The van der Waals surface area contributed by atoms with Gasteiger partial charge in [0.25, 0.3) is 11.7 Å². The van der Waals surface area contributed by atoms with E-state index in [0.717, 1.165) is 6.42 Å². The molecule has 0 bridgehead atoms. The average Bonchev–Trinajstić information content (AvgIpc) is 3.21. The highest BCUT2D eigenvalue weighted by Crippen LogP contribution is 2.32. The Morgan fingerprint density at radius 1 is 1.41 bits per heavy atom. The minimum atomic E-state index is -1.02. The van der Waals surface area contributed by atoms with Gasteiger partial charge in [-0.05, 0) is 33.6 Å². The maximum absolute atomic E-state index is 12.3. The first-order valence-electron chi connectivity index (χ1n) is 8.54. The van der Waals surface area contributed by atoms with E-state index in [1.54, 1.807) is 20.8 Å². The van der Waals surface area contributed by atoms with Crippen LogP contribution in [0.1, 0.15) is 56.2 Å². The van der Waals surface area contributed by atoms with Crippen molar-refractivity contribution in [1.82, 2.24) is 20.4 Å². The molecular formula is C16H25N5O6. The fourth-order valence-corrected chi connectivity index (χ4v) is 2.61. The van der Waals surface area contributed by atoms with Gasteiger partial charge in [0.2, 0.25) is 11.8 Å². The van der Waals surface area contributed by atoms with Crippen molar-refractivity contribution < 1.29 is 28.4 Å². The molecule has 11 heteroatoms. The van der Waals surface area contributed by atoms with E-state index in [-0.39, 0.29) is 18.3 Å². The number of nitrogens with two attached hydrogens (primary N) is 1. The number of methoxy groups -OCH3 is 1. The van der Waals surface area contributed by atoms with Crippen molar-refractivity contribution in [2.45, 2.75) is 51.3 Å². The van der Waals surface area contributed by atoms with Crippen LogP contribution in [0.25, 0.3) is 0 Å². The van der Waals surface area contributed by atoms with Gasteiger partial charge in [-0.2, -0.15) is 4.98 Å². The molecule has 11 nitrogen and oxygen atoms in total. The molecule has 3 N–H and O–H groups in total. The third-order valence-electron chi connectivity index (χ3n) is 3.79. The van der Waals surface area contributed by atoms with Crippen LogP contribution >= 0.6 is 0 Å². The number of likely N-dealkylation sites (tertiary alicyclic amines) is 1. The lowest BCUT2D eigenvalue weighted by molar-refractivity contribution is -0.121. The Kier molecular flexibility index (Phi) is 6.37. The molecule has 1 fully saturated rings. The highest BCUT2D eigenvalue weighted by molar-refractivity contribution is 5.94. The summed E-state index contributed by atoms with van der Waals surface area (Å²) in [4.78, 5) is 41.4. The van der Waals surface area contributed by atoms with Gasteiger partial charge in [0.15, 0.2) is 0 Å². The van der Waals surface area contributed by atoms with Crippen LogP contribution < -0.4 is 11.1 Å². The fourth-order valence-electron chi connectivity index (χ4n) is 2.61. The second-order valence-electron chi connectivity index (χ2n) is 7.17. The molecule has 0 aromatic carbocycles. The standard InChI is InChI=1S/C16H25N5O6/c1-16(2,3)26-15(24)21-7-5-6-10(21)14-19-12(20-27-14)13(23)18-9(8-25-4)11(17)22/h9-10H,5-8H2,1-4H3,(H2,17,22)(H,18,23)/t9-,10+/m1/s1. The van der Waals surface area contributed by atoms with Gasteiger partial charge in [-0.25, -0.2) is 4.79 Å². The summed E-state index contributed by atoms with van der Waals surface area (Å²) in [6.07, 6.45) is 0.865. The molecule has 1 aromatic rings. The first-order valence-corrected chi connectivity index (χ1v) is 8.54. The van der Waals surface area contributed by atoms with Crippen molar-refractivity contribution in [2.24, 2.45) is 5.73 Å². The largest absolute Gasteiger partial charge is 0.444 e.